The Morgan fingerprint density at radius 3 is 2.07 bits per heavy atom. The highest BCUT2D eigenvalue weighted by Crippen LogP contribution is 2.23. The number of rotatable bonds is 12. The van der Waals surface area contributed by atoms with Crippen LogP contribution in [0.3, 0.4) is 0 Å². The highest BCUT2D eigenvalue weighted by molar-refractivity contribution is 7.92. The summed E-state index contributed by atoms with van der Waals surface area (Å²) in [7, 11) is -3.63. The first-order chi connectivity index (χ1) is 19.2. The first-order valence-electron chi connectivity index (χ1n) is 13.4. The summed E-state index contributed by atoms with van der Waals surface area (Å²) in [6, 6.07) is 22.5. The molecule has 2 amide bonds. The molecule has 0 aliphatic rings. The minimum Gasteiger partial charge on any atom is -0.350 e. The van der Waals surface area contributed by atoms with Gasteiger partial charge in [-0.05, 0) is 68.7 Å². The zero-order valence-corrected chi connectivity index (χ0v) is 26.1. The van der Waals surface area contributed by atoms with Crippen molar-refractivity contribution >= 4 is 50.7 Å². The summed E-state index contributed by atoms with van der Waals surface area (Å²) in [6.07, 6.45) is 1.70. The molecule has 0 saturated heterocycles. The van der Waals surface area contributed by atoms with E-state index < -0.39 is 21.6 Å². The second-order valence-corrected chi connectivity index (χ2v) is 13.8. The van der Waals surface area contributed by atoms with Crippen LogP contribution >= 0.6 is 23.2 Å². The van der Waals surface area contributed by atoms with Crippen LogP contribution in [0.4, 0.5) is 5.69 Å². The number of anilines is 1. The third kappa shape index (κ3) is 10.4. The summed E-state index contributed by atoms with van der Waals surface area (Å²) >= 11 is 12.3. The molecule has 0 saturated carbocycles. The smallest absolute Gasteiger partial charge is 0.243 e. The first-order valence-corrected chi connectivity index (χ1v) is 16.0. The molecule has 1 N–H and O–H groups in total. The number of carbonyl (C=O) groups is 2. The summed E-state index contributed by atoms with van der Waals surface area (Å²) in [6.45, 7) is 5.92. The van der Waals surface area contributed by atoms with Crippen LogP contribution in [0.5, 0.6) is 0 Å². The molecule has 3 aromatic rings. The number of nitrogens with zero attached hydrogens (tertiary/aromatic N) is 2. The molecule has 0 aromatic heterocycles. The highest BCUT2D eigenvalue weighted by Gasteiger charge is 2.32. The molecule has 41 heavy (non-hydrogen) atoms. The van der Waals surface area contributed by atoms with Gasteiger partial charge in [-0.3, -0.25) is 13.9 Å². The molecular formula is C31H37Cl2N3O4S. The average Bonchev–Trinajstić information content (AvgIpc) is 2.87. The molecule has 1 atom stereocenters. The molecule has 3 rings (SSSR count). The first kappa shape index (κ1) is 32.4. The monoisotopic (exact) mass is 617 g/mol. The second kappa shape index (κ2) is 14.2. The Morgan fingerprint density at radius 2 is 1.49 bits per heavy atom. The molecule has 0 spiro atoms. The van der Waals surface area contributed by atoms with Crippen molar-refractivity contribution in [3.8, 4) is 0 Å². The lowest BCUT2D eigenvalue weighted by Crippen LogP contribution is -2.54. The zero-order valence-electron chi connectivity index (χ0n) is 23.8. The quantitative estimate of drug-likeness (QED) is 0.266. The Bertz CT molecular complexity index is 1440. The summed E-state index contributed by atoms with van der Waals surface area (Å²) in [4.78, 5) is 29.1. The largest absolute Gasteiger partial charge is 0.350 e. The maximum atomic E-state index is 13.9. The van der Waals surface area contributed by atoms with E-state index >= 15 is 0 Å². The summed E-state index contributed by atoms with van der Waals surface area (Å²) in [5.41, 5.74) is 1.61. The number of carbonyl (C=O) groups excluding carboxylic acids is 2. The van der Waals surface area contributed by atoms with Gasteiger partial charge in [0.1, 0.15) is 6.04 Å². The second-order valence-electron chi connectivity index (χ2n) is 11.0. The van der Waals surface area contributed by atoms with E-state index in [0.717, 1.165) is 17.4 Å². The third-order valence-electron chi connectivity index (χ3n) is 6.26. The lowest BCUT2D eigenvalue weighted by Gasteiger charge is -2.34. The lowest BCUT2D eigenvalue weighted by atomic mass is 10.00. The Labute approximate surface area is 253 Å². The van der Waals surface area contributed by atoms with Crippen molar-refractivity contribution in [3.05, 3.63) is 100 Å². The molecule has 0 unspecified atom stereocenters. The van der Waals surface area contributed by atoms with Crippen molar-refractivity contribution in [2.24, 2.45) is 0 Å². The van der Waals surface area contributed by atoms with Gasteiger partial charge in [0, 0.05) is 41.5 Å². The number of benzene rings is 3. The minimum absolute atomic E-state index is 0.0290. The molecule has 0 aliphatic heterocycles. The molecule has 3 aromatic carbocycles. The van der Waals surface area contributed by atoms with Crippen LogP contribution in [0, 0.1) is 0 Å². The van der Waals surface area contributed by atoms with E-state index in [2.05, 4.69) is 5.32 Å². The van der Waals surface area contributed by atoms with E-state index in [0.29, 0.717) is 22.2 Å². The normalized spacial score (nSPS) is 12.4. The number of hydrogen-bond acceptors (Lipinski definition) is 4. The van der Waals surface area contributed by atoms with Crippen molar-refractivity contribution in [2.45, 2.75) is 58.2 Å². The Hall–Kier alpha value is -3.07. The van der Waals surface area contributed by atoms with Crippen LogP contribution < -0.4 is 9.62 Å². The van der Waals surface area contributed by atoms with Crippen molar-refractivity contribution in [1.82, 2.24) is 10.2 Å². The maximum Gasteiger partial charge on any atom is 0.243 e. The van der Waals surface area contributed by atoms with E-state index in [1.165, 1.54) is 4.31 Å². The summed E-state index contributed by atoms with van der Waals surface area (Å²) < 4.78 is 26.4. The molecule has 0 fully saturated rings. The van der Waals surface area contributed by atoms with E-state index in [9.17, 15) is 18.0 Å². The van der Waals surface area contributed by atoms with Gasteiger partial charge in [-0.1, -0.05) is 71.7 Å². The molecule has 7 nitrogen and oxygen atoms in total. The molecule has 0 radical (unpaired) electrons. The predicted octanol–water partition coefficient (Wildman–Crippen LogP) is 6.09. The Morgan fingerprint density at radius 1 is 0.878 bits per heavy atom. The van der Waals surface area contributed by atoms with E-state index in [1.54, 1.807) is 47.4 Å². The van der Waals surface area contributed by atoms with Crippen molar-refractivity contribution in [1.29, 1.82) is 0 Å². The van der Waals surface area contributed by atoms with Gasteiger partial charge >= 0.3 is 0 Å². The number of halogens is 2. The fraction of sp³-hybridized carbons (Fsp3) is 0.355. The Kier molecular flexibility index (Phi) is 11.2. The van der Waals surface area contributed by atoms with Crippen LogP contribution in [0.15, 0.2) is 78.9 Å². The van der Waals surface area contributed by atoms with Gasteiger partial charge in [0.15, 0.2) is 0 Å². The molecule has 220 valence electrons. The maximum absolute atomic E-state index is 13.9. The van der Waals surface area contributed by atoms with Gasteiger partial charge in [-0.2, -0.15) is 0 Å². The van der Waals surface area contributed by atoms with E-state index in [4.69, 9.17) is 23.2 Å². The third-order valence-corrected chi connectivity index (χ3v) is 7.92. The zero-order chi connectivity index (χ0) is 30.2. The van der Waals surface area contributed by atoms with Crippen molar-refractivity contribution < 1.29 is 18.0 Å². The molecular weight excluding hydrogens is 581 g/mol. The minimum atomic E-state index is -3.63. The summed E-state index contributed by atoms with van der Waals surface area (Å²) in [5.74, 6) is -0.539. The molecule has 0 bridgehead atoms. The van der Waals surface area contributed by atoms with Gasteiger partial charge in [0.2, 0.25) is 21.8 Å². The van der Waals surface area contributed by atoms with Crippen molar-refractivity contribution in [3.63, 3.8) is 0 Å². The van der Waals surface area contributed by atoms with Crippen LogP contribution in [-0.4, -0.2) is 49.5 Å². The van der Waals surface area contributed by atoms with E-state index in [1.807, 2.05) is 57.2 Å². The Balaban J connectivity index is 1.90. The molecule has 10 heteroatoms. The van der Waals surface area contributed by atoms with Crippen LogP contribution in [0.25, 0.3) is 0 Å². The predicted molar refractivity (Wildman–Crippen MR) is 167 cm³/mol. The van der Waals surface area contributed by atoms with Gasteiger partial charge in [-0.25, -0.2) is 8.42 Å². The van der Waals surface area contributed by atoms with Gasteiger partial charge < -0.3 is 10.2 Å². The number of amides is 2. The van der Waals surface area contributed by atoms with Crippen LogP contribution in [0.1, 0.15) is 44.7 Å². The van der Waals surface area contributed by atoms with Gasteiger partial charge in [0.05, 0.1) is 11.9 Å². The topological polar surface area (TPSA) is 86.8 Å². The van der Waals surface area contributed by atoms with Crippen LogP contribution in [0.2, 0.25) is 10.0 Å². The molecule has 0 aliphatic carbocycles. The van der Waals surface area contributed by atoms with Gasteiger partial charge in [0.25, 0.3) is 0 Å². The van der Waals surface area contributed by atoms with Crippen molar-refractivity contribution in [2.75, 3.05) is 17.1 Å². The highest BCUT2D eigenvalue weighted by atomic mass is 35.5. The van der Waals surface area contributed by atoms with Crippen LogP contribution in [-0.2, 0) is 32.6 Å². The number of hydrogen-bond donors (Lipinski definition) is 1. The van der Waals surface area contributed by atoms with E-state index in [-0.39, 0.29) is 37.7 Å². The molecule has 0 heterocycles. The van der Waals surface area contributed by atoms with Gasteiger partial charge in [-0.15, -0.1) is 0 Å². The summed E-state index contributed by atoms with van der Waals surface area (Å²) in [5, 5.41) is 3.97. The number of nitrogens with one attached hydrogen (secondary N) is 1. The average molecular weight is 619 g/mol. The SMILES string of the molecule is CC(C)(C)NC(=O)[C@@H](Cc1ccccc1)N(Cc1cccc(Cl)c1)C(=O)CCCN(c1cccc(Cl)c1)S(C)(=O)=O. The number of sulfonamides is 1. The fourth-order valence-electron chi connectivity index (χ4n) is 4.47. The fourth-order valence-corrected chi connectivity index (χ4v) is 5.83. The standard InChI is InChI=1S/C31H37Cl2N3O4S/c1-31(2,3)34-30(38)28(20-23-11-6-5-7-12-23)35(22-24-13-8-14-25(32)19-24)29(37)17-10-18-36(41(4,39)40)27-16-9-15-26(33)21-27/h5-9,11-16,19,21,28H,10,17-18,20,22H2,1-4H3,(H,34,38)/t28-/m1/s1. The lowest BCUT2D eigenvalue weighted by molar-refractivity contribution is -0.142.